The van der Waals surface area contributed by atoms with Gasteiger partial charge in [0.05, 0.1) is 6.42 Å². The fourth-order valence-electron chi connectivity index (χ4n) is 2.02. The Morgan fingerprint density at radius 3 is 2.67 bits per heavy atom. The fourth-order valence-corrected chi connectivity index (χ4v) is 3.31. The second-order valence-electron chi connectivity index (χ2n) is 5.32. The van der Waals surface area contributed by atoms with Gasteiger partial charge < -0.3 is 9.88 Å². The van der Waals surface area contributed by atoms with E-state index in [0.29, 0.717) is 6.42 Å². The molecule has 0 radical (unpaired) electrons. The molecule has 1 aliphatic rings. The van der Waals surface area contributed by atoms with Gasteiger partial charge in [-0.15, -0.1) is 11.3 Å². The van der Waals surface area contributed by atoms with Crippen molar-refractivity contribution in [3.8, 4) is 0 Å². The molecule has 0 saturated heterocycles. The Hall–Kier alpha value is -0.680. The fraction of sp³-hybridized carbons (Fsp3) is 0.692. The molecule has 1 aromatic heterocycles. The van der Waals surface area contributed by atoms with Crippen LogP contribution in [-0.4, -0.2) is 28.4 Å². The summed E-state index contributed by atoms with van der Waals surface area (Å²) in [6.07, 6.45) is 3.03. The summed E-state index contributed by atoms with van der Waals surface area (Å²) >= 11 is 6.63. The minimum absolute atomic E-state index is 0.227. The first-order valence-corrected chi connectivity index (χ1v) is 7.68. The molecule has 0 bridgehead atoms. The molecule has 1 amide bonds. The molecule has 3 nitrogen and oxygen atoms in total. The third-order valence-corrected chi connectivity index (χ3v) is 4.67. The minimum atomic E-state index is 0.227. The van der Waals surface area contributed by atoms with Crippen molar-refractivity contribution in [2.45, 2.75) is 46.1 Å². The molecule has 0 spiro atoms. The van der Waals surface area contributed by atoms with Crippen molar-refractivity contribution >= 4 is 29.5 Å². The van der Waals surface area contributed by atoms with Crippen LogP contribution in [-0.2, 0) is 11.2 Å². The van der Waals surface area contributed by atoms with Gasteiger partial charge in [0, 0.05) is 23.2 Å². The maximum Gasteiger partial charge on any atom is 0.228 e. The molecular formula is C13H20N2OS2. The second kappa shape index (κ2) is 5.53. The van der Waals surface area contributed by atoms with Crippen molar-refractivity contribution in [1.82, 2.24) is 9.88 Å². The number of carbonyl (C=O) groups is 1. The molecule has 0 unspecified atom stereocenters. The lowest BCUT2D eigenvalue weighted by atomic mass is 10.2. The Bertz CT molecular complexity index is 485. The van der Waals surface area contributed by atoms with Crippen LogP contribution in [0.15, 0.2) is 0 Å². The van der Waals surface area contributed by atoms with Crippen LogP contribution in [0, 0.1) is 16.8 Å². The van der Waals surface area contributed by atoms with E-state index in [1.54, 1.807) is 0 Å². The van der Waals surface area contributed by atoms with Crippen LogP contribution in [0.3, 0.4) is 0 Å². The Morgan fingerprint density at radius 2 is 2.22 bits per heavy atom. The number of nitrogens with zero attached hydrogens (tertiary/aromatic N) is 1. The molecule has 1 fully saturated rings. The summed E-state index contributed by atoms with van der Waals surface area (Å²) < 4.78 is 0.758. The zero-order chi connectivity index (χ0) is 13.3. The first-order valence-electron chi connectivity index (χ1n) is 6.45. The van der Waals surface area contributed by atoms with Crippen LogP contribution in [0.5, 0.6) is 0 Å². The second-order valence-corrected chi connectivity index (χ2v) is 7.09. The van der Waals surface area contributed by atoms with E-state index in [1.807, 2.05) is 11.8 Å². The van der Waals surface area contributed by atoms with E-state index in [4.69, 9.17) is 12.2 Å². The van der Waals surface area contributed by atoms with Crippen molar-refractivity contribution in [3.05, 3.63) is 14.5 Å². The molecule has 0 atom stereocenters. The highest BCUT2D eigenvalue weighted by atomic mass is 32.1. The maximum absolute atomic E-state index is 12.4. The summed E-state index contributed by atoms with van der Waals surface area (Å²) in [6.45, 7) is 7.08. The predicted octanol–water partition coefficient (Wildman–Crippen LogP) is 3.30. The molecular weight excluding hydrogens is 264 g/mol. The molecule has 1 N–H and O–H groups in total. The molecule has 1 aromatic rings. The zero-order valence-corrected chi connectivity index (χ0v) is 12.8. The van der Waals surface area contributed by atoms with E-state index >= 15 is 0 Å². The van der Waals surface area contributed by atoms with Crippen LogP contribution < -0.4 is 0 Å². The molecule has 0 aliphatic heterocycles. The summed E-state index contributed by atoms with van der Waals surface area (Å²) in [5, 5.41) is 0. The number of hydrogen-bond acceptors (Lipinski definition) is 3. The van der Waals surface area contributed by atoms with Gasteiger partial charge in [-0.25, -0.2) is 0 Å². The third-order valence-electron chi connectivity index (χ3n) is 3.33. The predicted molar refractivity (Wildman–Crippen MR) is 77.5 cm³/mol. The first-order chi connectivity index (χ1) is 8.47. The minimum Gasteiger partial charge on any atom is -0.341 e. The van der Waals surface area contributed by atoms with E-state index in [9.17, 15) is 4.79 Å². The summed E-state index contributed by atoms with van der Waals surface area (Å²) in [5.41, 5.74) is 1.04. The Kier molecular flexibility index (Phi) is 4.22. The van der Waals surface area contributed by atoms with Crippen LogP contribution >= 0.6 is 23.6 Å². The van der Waals surface area contributed by atoms with Gasteiger partial charge in [0.2, 0.25) is 5.91 Å². The van der Waals surface area contributed by atoms with Gasteiger partial charge in [0.15, 0.2) is 3.95 Å². The normalized spacial score (nSPS) is 15.1. The SMILES string of the molecule is Cc1[nH]c(=S)sc1CC(=O)N(CC1CC1)C(C)C. The number of carbonyl (C=O) groups excluding carboxylic acids is 1. The van der Waals surface area contributed by atoms with Crippen molar-refractivity contribution in [2.24, 2.45) is 5.92 Å². The van der Waals surface area contributed by atoms with Crippen LogP contribution in [0.2, 0.25) is 0 Å². The molecule has 1 saturated carbocycles. The number of aromatic nitrogens is 1. The van der Waals surface area contributed by atoms with E-state index in [0.717, 1.165) is 27.0 Å². The van der Waals surface area contributed by atoms with Gasteiger partial charge in [0.1, 0.15) is 0 Å². The summed E-state index contributed by atoms with van der Waals surface area (Å²) in [7, 11) is 0. The lowest BCUT2D eigenvalue weighted by molar-refractivity contribution is -0.132. The Balaban J connectivity index is 2.04. The topological polar surface area (TPSA) is 36.1 Å². The zero-order valence-electron chi connectivity index (χ0n) is 11.2. The van der Waals surface area contributed by atoms with Crippen molar-refractivity contribution in [2.75, 3.05) is 6.54 Å². The van der Waals surface area contributed by atoms with E-state index < -0.39 is 0 Å². The van der Waals surface area contributed by atoms with Gasteiger partial charge in [-0.05, 0) is 51.7 Å². The van der Waals surface area contributed by atoms with Gasteiger partial charge in [-0.3, -0.25) is 4.79 Å². The Morgan fingerprint density at radius 1 is 1.56 bits per heavy atom. The lowest BCUT2D eigenvalue weighted by Gasteiger charge is -2.26. The number of aryl methyl sites for hydroxylation is 1. The summed E-state index contributed by atoms with van der Waals surface area (Å²) in [5.74, 6) is 0.965. The number of nitrogens with one attached hydrogen (secondary N) is 1. The van der Waals surface area contributed by atoms with Crippen LogP contribution in [0.25, 0.3) is 0 Å². The molecule has 0 aromatic carbocycles. The summed E-state index contributed by atoms with van der Waals surface area (Å²) in [4.78, 5) is 18.5. The number of aromatic amines is 1. The molecule has 2 rings (SSSR count). The quantitative estimate of drug-likeness (QED) is 0.842. The first kappa shape index (κ1) is 13.7. The smallest absolute Gasteiger partial charge is 0.228 e. The number of H-pyrrole nitrogens is 1. The van der Waals surface area contributed by atoms with Gasteiger partial charge in [0.25, 0.3) is 0 Å². The molecule has 100 valence electrons. The van der Waals surface area contributed by atoms with E-state index in [2.05, 4.69) is 18.8 Å². The highest BCUT2D eigenvalue weighted by Gasteiger charge is 2.28. The maximum atomic E-state index is 12.4. The third kappa shape index (κ3) is 3.42. The van der Waals surface area contributed by atoms with Gasteiger partial charge >= 0.3 is 0 Å². The number of hydrogen-bond donors (Lipinski definition) is 1. The average Bonchev–Trinajstić information content (AvgIpc) is 3.02. The van der Waals surface area contributed by atoms with Crippen molar-refractivity contribution in [1.29, 1.82) is 0 Å². The lowest BCUT2D eigenvalue weighted by Crippen LogP contribution is -2.39. The van der Waals surface area contributed by atoms with Gasteiger partial charge in [-0.1, -0.05) is 0 Å². The number of rotatable bonds is 5. The molecule has 18 heavy (non-hydrogen) atoms. The van der Waals surface area contributed by atoms with E-state index in [-0.39, 0.29) is 11.9 Å². The molecule has 1 aliphatic carbocycles. The highest BCUT2D eigenvalue weighted by molar-refractivity contribution is 7.73. The molecule has 5 heteroatoms. The summed E-state index contributed by atoms with van der Waals surface area (Å²) in [6, 6.07) is 0.283. The highest BCUT2D eigenvalue weighted by Crippen LogP contribution is 2.30. The monoisotopic (exact) mass is 284 g/mol. The standard InChI is InChI=1S/C13H20N2OS2/c1-8(2)15(7-10-4-5-10)12(16)6-11-9(3)14-13(17)18-11/h8,10H,4-7H2,1-3H3,(H,14,17). The van der Waals surface area contributed by atoms with Crippen LogP contribution in [0.1, 0.15) is 37.3 Å². The van der Waals surface area contributed by atoms with E-state index in [1.165, 1.54) is 24.2 Å². The molecule has 1 heterocycles. The number of amides is 1. The van der Waals surface area contributed by atoms with Gasteiger partial charge in [-0.2, -0.15) is 0 Å². The number of thiazole rings is 1. The van der Waals surface area contributed by atoms with Crippen molar-refractivity contribution in [3.63, 3.8) is 0 Å². The van der Waals surface area contributed by atoms with Crippen molar-refractivity contribution < 1.29 is 4.79 Å². The Labute approximate surface area is 117 Å². The van der Waals surface area contributed by atoms with Crippen LogP contribution in [0.4, 0.5) is 0 Å². The largest absolute Gasteiger partial charge is 0.341 e. The average molecular weight is 284 g/mol.